The van der Waals surface area contributed by atoms with Gasteiger partial charge in [0.05, 0.1) is 22.9 Å². The fourth-order valence-electron chi connectivity index (χ4n) is 6.21. The van der Waals surface area contributed by atoms with Crippen molar-refractivity contribution in [1.82, 2.24) is 36.2 Å². The first-order valence-corrected chi connectivity index (χ1v) is 14.3. The Labute approximate surface area is 222 Å². The van der Waals surface area contributed by atoms with Gasteiger partial charge in [0.2, 0.25) is 5.91 Å². The van der Waals surface area contributed by atoms with E-state index in [4.69, 9.17) is 0 Å². The van der Waals surface area contributed by atoms with E-state index in [-0.39, 0.29) is 36.5 Å². The number of carbonyl (C=O) groups is 2. The summed E-state index contributed by atoms with van der Waals surface area (Å²) in [6, 6.07) is 6.23. The number of carbonyl (C=O) groups excluding carboxylic acids is 2. The van der Waals surface area contributed by atoms with Crippen molar-refractivity contribution in [3.05, 3.63) is 49.1 Å². The van der Waals surface area contributed by atoms with E-state index >= 15 is 0 Å². The minimum Gasteiger partial charge on any atom is -0.354 e. The number of likely N-dealkylation sites (tertiary alicyclic amines) is 1. The van der Waals surface area contributed by atoms with Crippen molar-refractivity contribution in [2.75, 3.05) is 13.6 Å². The van der Waals surface area contributed by atoms with Crippen LogP contribution in [0, 0.1) is 17.2 Å². The van der Waals surface area contributed by atoms with Crippen LogP contribution in [0.5, 0.6) is 0 Å². The monoisotopic (exact) mass is 536 g/mol. The van der Waals surface area contributed by atoms with Gasteiger partial charge in [0.15, 0.2) is 5.82 Å². The number of piperidine rings is 1. The Hall–Kier alpha value is -3.14. The van der Waals surface area contributed by atoms with Gasteiger partial charge in [-0.1, -0.05) is 5.21 Å². The van der Waals surface area contributed by atoms with Crippen molar-refractivity contribution in [2.24, 2.45) is 5.92 Å². The summed E-state index contributed by atoms with van der Waals surface area (Å²) in [5.74, 6) is 0.911. The van der Waals surface area contributed by atoms with E-state index < -0.39 is 5.41 Å². The van der Waals surface area contributed by atoms with Gasteiger partial charge in [0.1, 0.15) is 6.04 Å². The van der Waals surface area contributed by atoms with Gasteiger partial charge >= 0.3 is 0 Å². The second kappa shape index (κ2) is 9.31. The van der Waals surface area contributed by atoms with Gasteiger partial charge in [-0.15, -0.1) is 32.9 Å². The summed E-state index contributed by atoms with van der Waals surface area (Å²) >= 11 is 3.24. The lowest BCUT2D eigenvalue weighted by Gasteiger charge is -2.34. The molecule has 1 saturated carbocycles. The van der Waals surface area contributed by atoms with Gasteiger partial charge in [0.25, 0.3) is 5.91 Å². The molecule has 0 spiro atoms. The molecule has 6 rings (SSSR count). The molecule has 5 atom stereocenters. The zero-order valence-electron chi connectivity index (χ0n) is 20.7. The molecule has 2 fully saturated rings. The Morgan fingerprint density at radius 2 is 2.16 bits per heavy atom. The molecule has 0 aromatic carbocycles. The zero-order chi connectivity index (χ0) is 25.7. The number of aromatic amines is 1. The standard InChI is InChI=1S/C25H28N8O2S2/c1-13(28-12-22(34)33-15(11-26)7-14-8-18(14)33)10-25(24-29-31-32-30-24)16-5-6-36-19(16)3-4-20-17(25)9-21(37-20)23(35)27-2/h5-6,9,13-15,18,28H,3-4,7-8,10,12H2,1-2H3,(H,27,35)(H,29,30,31,32)/t13-,14-,15?,18+,25?/m1/s1. The van der Waals surface area contributed by atoms with E-state index in [1.165, 1.54) is 16.2 Å². The molecule has 2 unspecified atom stereocenters. The molecule has 1 saturated heterocycles. The third-order valence-corrected chi connectivity index (χ3v) is 10.2. The minimum atomic E-state index is -0.725. The first kappa shape index (κ1) is 24.2. The molecule has 10 nitrogen and oxygen atoms in total. The maximum Gasteiger partial charge on any atom is 0.261 e. The SMILES string of the molecule is CNC(=O)c1cc2c(s1)CCc1sccc1C2(C[C@@H](C)NCC(=O)N1C(C#N)C[C@@H]2C[C@@H]21)c1nn[nH]n1. The topological polar surface area (TPSA) is 140 Å². The Kier molecular flexibility index (Phi) is 6.09. The Morgan fingerprint density at radius 3 is 2.92 bits per heavy atom. The number of amides is 2. The third-order valence-electron chi connectivity index (χ3n) is 7.99. The molecule has 12 heteroatoms. The molecule has 3 aromatic rings. The molecule has 0 radical (unpaired) electrons. The summed E-state index contributed by atoms with van der Waals surface area (Å²) in [6.07, 6.45) is 4.08. The van der Waals surface area contributed by atoms with Crippen LogP contribution in [0.25, 0.3) is 0 Å². The normalized spacial score (nSPS) is 26.4. The number of rotatable bonds is 7. The summed E-state index contributed by atoms with van der Waals surface area (Å²) in [5, 5.41) is 33.3. The van der Waals surface area contributed by atoms with Crippen molar-refractivity contribution in [1.29, 1.82) is 5.26 Å². The molecular weight excluding hydrogens is 508 g/mol. The first-order valence-electron chi connectivity index (χ1n) is 12.6. The molecule has 2 aliphatic carbocycles. The lowest BCUT2D eigenvalue weighted by Crippen LogP contribution is -2.46. The van der Waals surface area contributed by atoms with Gasteiger partial charge in [-0.05, 0) is 73.6 Å². The number of hydrogen-bond donors (Lipinski definition) is 3. The van der Waals surface area contributed by atoms with Crippen LogP contribution in [0.1, 0.15) is 62.6 Å². The maximum absolute atomic E-state index is 13.1. The summed E-state index contributed by atoms with van der Waals surface area (Å²) in [5.41, 5.74) is 1.43. The van der Waals surface area contributed by atoms with Crippen LogP contribution in [0.15, 0.2) is 17.5 Å². The number of tetrazole rings is 1. The molecule has 192 valence electrons. The number of aromatic nitrogens is 4. The number of hydrogen-bond acceptors (Lipinski definition) is 9. The van der Waals surface area contributed by atoms with Crippen LogP contribution in [0.3, 0.4) is 0 Å². The summed E-state index contributed by atoms with van der Waals surface area (Å²) < 4.78 is 0. The highest BCUT2D eigenvalue weighted by molar-refractivity contribution is 7.14. The zero-order valence-corrected chi connectivity index (χ0v) is 22.3. The van der Waals surface area contributed by atoms with Crippen LogP contribution in [-0.4, -0.2) is 69.1 Å². The molecule has 0 bridgehead atoms. The number of nitriles is 1. The van der Waals surface area contributed by atoms with Crippen molar-refractivity contribution in [3.8, 4) is 6.07 Å². The van der Waals surface area contributed by atoms with Crippen LogP contribution < -0.4 is 10.6 Å². The minimum absolute atomic E-state index is 0.0211. The number of H-pyrrole nitrogens is 1. The predicted octanol–water partition coefficient (Wildman–Crippen LogP) is 2.00. The van der Waals surface area contributed by atoms with Gasteiger partial charge < -0.3 is 15.5 Å². The van der Waals surface area contributed by atoms with Gasteiger partial charge in [-0.2, -0.15) is 10.5 Å². The summed E-state index contributed by atoms with van der Waals surface area (Å²) in [4.78, 5) is 30.6. The lowest BCUT2D eigenvalue weighted by molar-refractivity contribution is -0.131. The van der Waals surface area contributed by atoms with Crippen LogP contribution in [0.4, 0.5) is 0 Å². The number of fused-ring (bicyclic) bond motifs is 3. The van der Waals surface area contributed by atoms with E-state index in [0.717, 1.165) is 41.7 Å². The molecule has 4 heterocycles. The number of nitrogens with zero attached hydrogens (tertiary/aromatic N) is 5. The third kappa shape index (κ3) is 3.96. The van der Waals surface area contributed by atoms with E-state index in [1.807, 2.05) is 6.07 Å². The molecular formula is C25H28N8O2S2. The number of nitrogens with one attached hydrogen (secondary N) is 3. The lowest BCUT2D eigenvalue weighted by atomic mass is 9.70. The molecule has 37 heavy (non-hydrogen) atoms. The van der Waals surface area contributed by atoms with E-state index in [9.17, 15) is 14.9 Å². The first-order chi connectivity index (χ1) is 18.0. The molecule has 3 N–H and O–H groups in total. The summed E-state index contributed by atoms with van der Waals surface area (Å²) in [7, 11) is 1.64. The smallest absolute Gasteiger partial charge is 0.261 e. The highest BCUT2D eigenvalue weighted by atomic mass is 32.1. The molecule has 2 amide bonds. The summed E-state index contributed by atoms with van der Waals surface area (Å²) in [6.45, 7) is 2.23. The van der Waals surface area contributed by atoms with Crippen molar-refractivity contribution >= 4 is 34.5 Å². The number of aryl methyl sites for hydroxylation is 2. The van der Waals surface area contributed by atoms with E-state index in [2.05, 4.69) is 55.7 Å². The Morgan fingerprint density at radius 1 is 1.32 bits per heavy atom. The van der Waals surface area contributed by atoms with E-state index in [0.29, 0.717) is 23.0 Å². The fourth-order valence-corrected chi connectivity index (χ4v) is 8.35. The predicted molar refractivity (Wildman–Crippen MR) is 138 cm³/mol. The van der Waals surface area contributed by atoms with Crippen molar-refractivity contribution in [3.63, 3.8) is 0 Å². The fraction of sp³-hybridized carbons (Fsp3) is 0.520. The van der Waals surface area contributed by atoms with Gasteiger partial charge in [0, 0.05) is 28.9 Å². The Balaban J connectivity index is 1.34. The van der Waals surface area contributed by atoms with Crippen LogP contribution in [-0.2, 0) is 23.1 Å². The molecule has 1 aliphatic heterocycles. The van der Waals surface area contributed by atoms with Crippen molar-refractivity contribution < 1.29 is 9.59 Å². The highest BCUT2D eigenvalue weighted by Crippen LogP contribution is 2.50. The Bertz CT molecular complexity index is 1380. The molecule has 3 aliphatic rings. The quantitative estimate of drug-likeness (QED) is 0.420. The number of thiophene rings is 2. The highest BCUT2D eigenvalue weighted by Gasteiger charge is 2.54. The second-order valence-electron chi connectivity index (χ2n) is 10.2. The van der Waals surface area contributed by atoms with E-state index in [1.54, 1.807) is 23.3 Å². The van der Waals surface area contributed by atoms with Gasteiger partial charge in [-0.25, -0.2) is 0 Å². The van der Waals surface area contributed by atoms with Crippen LogP contribution in [0.2, 0.25) is 0 Å². The van der Waals surface area contributed by atoms with Crippen LogP contribution >= 0.6 is 22.7 Å². The largest absolute Gasteiger partial charge is 0.354 e. The van der Waals surface area contributed by atoms with Gasteiger partial charge in [-0.3, -0.25) is 9.59 Å². The average molecular weight is 537 g/mol. The van der Waals surface area contributed by atoms with Crippen molar-refractivity contribution in [2.45, 2.75) is 62.6 Å². The molecule has 3 aromatic heterocycles. The maximum atomic E-state index is 13.1. The second-order valence-corrected chi connectivity index (χ2v) is 12.3. The average Bonchev–Trinajstić information content (AvgIpc) is 3.43.